The third kappa shape index (κ3) is 3.42. The van der Waals surface area contributed by atoms with Crippen LogP contribution in [0.15, 0.2) is 23.6 Å². The fraction of sp³-hybridized carbons (Fsp3) is 0.250. The first kappa shape index (κ1) is 12.8. The van der Waals surface area contributed by atoms with Crippen LogP contribution in [0.1, 0.15) is 16.3 Å². The van der Waals surface area contributed by atoms with E-state index in [4.69, 9.17) is 27.9 Å². The Morgan fingerprint density at radius 2 is 2.12 bits per heavy atom. The zero-order valence-electron chi connectivity index (χ0n) is 9.24. The van der Waals surface area contributed by atoms with Gasteiger partial charge in [-0.3, -0.25) is 0 Å². The Morgan fingerprint density at radius 1 is 1.29 bits per heavy atom. The fourth-order valence-electron chi connectivity index (χ4n) is 1.47. The van der Waals surface area contributed by atoms with Crippen LogP contribution in [-0.4, -0.2) is 12.1 Å². The smallest absolute Gasteiger partial charge is 0.0973 e. The van der Waals surface area contributed by atoms with Crippen LogP contribution in [0.3, 0.4) is 0 Å². The van der Waals surface area contributed by atoms with Gasteiger partial charge in [-0.1, -0.05) is 29.3 Å². The topological polar surface area (TPSA) is 22.1 Å². The molecule has 0 aliphatic rings. The molecule has 0 saturated carbocycles. The van der Waals surface area contributed by atoms with Gasteiger partial charge in [0.1, 0.15) is 0 Å². The molecule has 0 atom stereocenters. The van der Waals surface area contributed by atoms with E-state index in [0.717, 1.165) is 22.7 Å². The first-order valence-corrected chi connectivity index (χ1v) is 6.68. The summed E-state index contributed by atoms with van der Waals surface area (Å²) in [5.74, 6) is 0. The van der Waals surface area contributed by atoms with Crippen LogP contribution in [0.25, 0.3) is 0 Å². The number of benzene rings is 1. The second-order valence-electron chi connectivity index (χ2n) is 3.59. The summed E-state index contributed by atoms with van der Waals surface area (Å²) in [6.07, 6.45) is 0.769. The summed E-state index contributed by atoms with van der Waals surface area (Å²) in [6.45, 7) is 0.553. The van der Waals surface area contributed by atoms with Gasteiger partial charge in [0, 0.05) is 18.9 Å². The standard InChI is InChI=1S/C12H11Cl2NOS/c1-16-6-9-7-17-12(15-9)5-8-2-3-10(13)11(14)4-8/h2-4,7H,5-6H2,1H3. The number of aromatic nitrogens is 1. The lowest BCUT2D eigenvalue weighted by Crippen LogP contribution is -1.91. The first-order chi connectivity index (χ1) is 8.19. The largest absolute Gasteiger partial charge is 0.378 e. The lowest BCUT2D eigenvalue weighted by Gasteiger charge is -2.00. The van der Waals surface area contributed by atoms with Crippen LogP contribution in [0.5, 0.6) is 0 Å². The predicted molar refractivity (Wildman–Crippen MR) is 72.1 cm³/mol. The highest BCUT2D eigenvalue weighted by atomic mass is 35.5. The summed E-state index contributed by atoms with van der Waals surface area (Å²) in [5.41, 5.74) is 2.07. The number of halogens is 2. The van der Waals surface area contributed by atoms with Gasteiger partial charge in [-0.15, -0.1) is 11.3 Å². The Morgan fingerprint density at radius 3 is 2.82 bits per heavy atom. The van der Waals surface area contributed by atoms with Gasteiger partial charge in [0.05, 0.1) is 27.4 Å². The van der Waals surface area contributed by atoms with E-state index in [0.29, 0.717) is 16.7 Å². The van der Waals surface area contributed by atoms with Crippen molar-refractivity contribution >= 4 is 34.5 Å². The van der Waals surface area contributed by atoms with Gasteiger partial charge in [-0.25, -0.2) is 4.98 Å². The lowest BCUT2D eigenvalue weighted by atomic mass is 10.2. The Balaban J connectivity index is 2.11. The van der Waals surface area contributed by atoms with E-state index in [1.807, 2.05) is 23.6 Å². The molecule has 0 spiro atoms. The lowest BCUT2D eigenvalue weighted by molar-refractivity contribution is 0.182. The average molecular weight is 288 g/mol. The molecule has 0 aliphatic carbocycles. The molecular formula is C12H11Cl2NOS. The summed E-state index contributed by atoms with van der Waals surface area (Å²) < 4.78 is 5.03. The Kier molecular flexibility index (Phi) is 4.40. The molecule has 0 fully saturated rings. The number of thiazole rings is 1. The van der Waals surface area contributed by atoms with Gasteiger partial charge < -0.3 is 4.74 Å². The molecule has 0 saturated heterocycles. The number of hydrogen-bond acceptors (Lipinski definition) is 3. The molecule has 1 aromatic carbocycles. The van der Waals surface area contributed by atoms with Gasteiger partial charge >= 0.3 is 0 Å². The summed E-state index contributed by atoms with van der Waals surface area (Å²) >= 11 is 13.5. The van der Waals surface area contributed by atoms with Crippen LogP contribution in [-0.2, 0) is 17.8 Å². The Bertz CT molecular complexity index is 513. The van der Waals surface area contributed by atoms with Crippen LogP contribution in [0, 0.1) is 0 Å². The van der Waals surface area contributed by atoms with Gasteiger partial charge in [-0.2, -0.15) is 0 Å². The first-order valence-electron chi connectivity index (χ1n) is 5.05. The molecule has 0 bridgehead atoms. The third-order valence-electron chi connectivity index (χ3n) is 2.23. The van der Waals surface area contributed by atoms with Crippen molar-refractivity contribution in [3.8, 4) is 0 Å². The van der Waals surface area contributed by atoms with Crippen molar-refractivity contribution < 1.29 is 4.74 Å². The zero-order valence-corrected chi connectivity index (χ0v) is 11.6. The third-order valence-corrected chi connectivity index (χ3v) is 3.87. The summed E-state index contributed by atoms with van der Waals surface area (Å²) in [7, 11) is 1.66. The molecule has 2 rings (SSSR count). The average Bonchev–Trinajstić information content (AvgIpc) is 2.72. The van der Waals surface area contributed by atoms with E-state index >= 15 is 0 Å². The molecule has 17 heavy (non-hydrogen) atoms. The molecule has 0 N–H and O–H groups in total. The van der Waals surface area contributed by atoms with Crippen molar-refractivity contribution in [1.82, 2.24) is 4.98 Å². The van der Waals surface area contributed by atoms with E-state index in [2.05, 4.69) is 4.98 Å². The molecule has 2 aromatic rings. The normalized spacial score (nSPS) is 10.8. The molecule has 2 nitrogen and oxygen atoms in total. The number of ether oxygens (including phenoxy) is 1. The molecular weight excluding hydrogens is 277 g/mol. The molecule has 5 heteroatoms. The molecule has 0 aliphatic heterocycles. The van der Waals surface area contributed by atoms with Crippen molar-refractivity contribution in [1.29, 1.82) is 0 Å². The van der Waals surface area contributed by atoms with Crippen molar-refractivity contribution in [3.05, 3.63) is 49.9 Å². The zero-order chi connectivity index (χ0) is 12.3. The van der Waals surface area contributed by atoms with Crippen LogP contribution in [0.2, 0.25) is 10.0 Å². The van der Waals surface area contributed by atoms with E-state index in [-0.39, 0.29) is 0 Å². The quantitative estimate of drug-likeness (QED) is 0.841. The van der Waals surface area contributed by atoms with Gasteiger partial charge in [0.25, 0.3) is 0 Å². The van der Waals surface area contributed by atoms with Crippen LogP contribution < -0.4 is 0 Å². The molecule has 0 unspecified atom stereocenters. The van der Waals surface area contributed by atoms with E-state index in [9.17, 15) is 0 Å². The molecule has 1 heterocycles. The molecule has 90 valence electrons. The highest BCUT2D eigenvalue weighted by Crippen LogP contribution is 2.24. The van der Waals surface area contributed by atoms with Gasteiger partial charge in [-0.05, 0) is 17.7 Å². The van der Waals surface area contributed by atoms with Crippen molar-refractivity contribution in [2.24, 2.45) is 0 Å². The highest BCUT2D eigenvalue weighted by Gasteiger charge is 2.05. The summed E-state index contributed by atoms with van der Waals surface area (Å²) in [5, 5.41) is 4.22. The molecule has 1 aromatic heterocycles. The predicted octanol–water partition coefficient (Wildman–Crippen LogP) is 4.19. The van der Waals surface area contributed by atoms with Crippen molar-refractivity contribution in [2.45, 2.75) is 13.0 Å². The van der Waals surface area contributed by atoms with E-state index in [1.165, 1.54) is 0 Å². The van der Waals surface area contributed by atoms with Crippen molar-refractivity contribution in [3.63, 3.8) is 0 Å². The number of hydrogen-bond donors (Lipinski definition) is 0. The minimum Gasteiger partial charge on any atom is -0.378 e. The maximum absolute atomic E-state index is 5.97. The SMILES string of the molecule is COCc1csc(Cc2ccc(Cl)c(Cl)c2)n1. The molecule has 0 radical (unpaired) electrons. The Hall–Kier alpha value is -0.610. The van der Waals surface area contributed by atoms with E-state index < -0.39 is 0 Å². The monoisotopic (exact) mass is 287 g/mol. The second-order valence-corrected chi connectivity index (χ2v) is 5.35. The van der Waals surface area contributed by atoms with Gasteiger partial charge in [0.2, 0.25) is 0 Å². The second kappa shape index (κ2) is 5.83. The van der Waals surface area contributed by atoms with E-state index in [1.54, 1.807) is 18.4 Å². The number of nitrogens with zero attached hydrogens (tertiary/aromatic N) is 1. The highest BCUT2D eigenvalue weighted by molar-refractivity contribution is 7.09. The maximum Gasteiger partial charge on any atom is 0.0973 e. The fourth-order valence-corrected chi connectivity index (χ4v) is 2.60. The molecule has 0 amide bonds. The summed E-state index contributed by atoms with van der Waals surface area (Å²) in [6, 6.07) is 5.65. The van der Waals surface area contributed by atoms with Gasteiger partial charge in [0.15, 0.2) is 0 Å². The Labute approximate surface area is 114 Å². The van der Waals surface area contributed by atoms with Crippen LogP contribution in [0.4, 0.5) is 0 Å². The minimum absolute atomic E-state index is 0.553. The van der Waals surface area contributed by atoms with Crippen LogP contribution >= 0.6 is 34.5 Å². The number of methoxy groups -OCH3 is 1. The van der Waals surface area contributed by atoms with Crippen molar-refractivity contribution in [2.75, 3.05) is 7.11 Å². The minimum atomic E-state index is 0.553. The maximum atomic E-state index is 5.97. The number of rotatable bonds is 4. The summed E-state index contributed by atoms with van der Waals surface area (Å²) in [4.78, 5) is 4.46.